The molecule has 13 heteroatoms. The number of carbonyl (C=O) groups is 3. The highest BCUT2D eigenvalue weighted by Crippen LogP contribution is 2.52. The summed E-state index contributed by atoms with van der Waals surface area (Å²) < 4.78 is 18.3. The van der Waals surface area contributed by atoms with E-state index in [0.717, 1.165) is 64.5 Å². The maximum atomic E-state index is 14.7. The van der Waals surface area contributed by atoms with Gasteiger partial charge in [-0.3, -0.25) is 14.6 Å². The van der Waals surface area contributed by atoms with Gasteiger partial charge in [-0.25, -0.2) is 9.78 Å². The van der Waals surface area contributed by atoms with Crippen molar-refractivity contribution in [2.24, 2.45) is 28.2 Å². The first-order chi connectivity index (χ1) is 25.6. The molecule has 5 aliphatic rings. The molecule has 12 nitrogen and oxygen atoms in total. The van der Waals surface area contributed by atoms with Crippen LogP contribution in [-0.4, -0.2) is 88.2 Å². The fraction of sp³-hybridized carbons (Fsp3) is 0.683. The SMILES string of the molecule is CCC1C[C@@]1(C)NC(=O)[C@@H]1C[C@@H](Oc2cc(C3CSC(NC(C)C)=N3)nc3c(C)c(OC)ccc23)CN1C(=O)C(NC(=O)O[C@@H]1C[C@@H]2C[C@@H]2C1)C(C)(C)C. The Labute approximate surface area is 323 Å². The number of rotatable bonds is 11. The van der Waals surface area contributed by atoms with Crippen molar-refractivity contribution in [1.82, 2.24) is 25.8 Å². The van der Waals surface area contributed by atoms with Gasteiger partial charge in [0.05, 0.1) is 24.9 Å². The quantitative estimate of drug-likeness (QED) is 0.241. The Morgan fingerprint density at radius 3 is 2.46 bits per heavy atom. The van der Waals surface area contributed by atoms with E-state index < -0.39 is 29.7 Å². The summed E-state index contributed by atoms with van der Waals surface area (Å²) >= 11 is 1.67. The van der Waals surface area contributed by atoms with Gasteiger partial charge >= 0.3 is 6.09 Å². The number of nitrogens with one attached hydrogen (secondary N) is 3. The number of aryl methyl sites for hydroxylation is 1. The topological polar surface area (TPSA) is 143 Å². The normalized spacial score (nSPS) is 30.4. The number of alkyl carbamates (subject to hydrolysis) is 1. The van der Waals surface area contributed by atoms with E-state index in [9.17, 15) is 14.4 Å². The third-order valence-corrected chi connectivity index (χ3v) is 13.1. The first kappa shape index (κ1) is 38.5. The van der Waals surface area contributed by atoms with Crippen LogP contribution < -0.4 is 25.4 Å². The molecule has 1 aromatic heterocycles. The molecule has 0 radical (unpaired) electrons. The standard InChI is InChI=1S/C41H58N6O6S/c1-10-25-18-41(25,8)46-36(48)31-16-27(19-47(31)37(49)35(40(5,6)7)45-39(50)53-26-14-23-13-24(23)15-26)52-33-17-29(30-20-54-38(44-30)42-21(2)3)43-34-22(4)32(51-9)12-11-28(33)34/h11-12,17,21,23-27,30-31,35H,10,13-16,18-20H2,1-9H3,(H,42,44)(H,45,50)(H,46,48)/t23-,24+,25?,26+,27-,30?,31+,35?,41-/m1/s1. The fourth-order valence-corrected chi connectivity index (χ4v) is 9.81. The summed E-state index contributed by atoms with van der Waals surface area (Å²) in [5, 5.41) is 11.3. The van der Waals surface area contributed by atoms with Crippen LogP contribution in [0.15, 0.2) is 23.2 Å². The van der Waals surface area contributed by atoms with Gasteiger partial charge in [0.15, 0.2) is 5.17 Å². The van der Waals surface area contributed by atoms with Gasteiger partial charge < -0.3 is 35.1 Å². The number of nitrogens with zero attached hydrogens (tertiary/aromatic N) is 3. The Morgan fingerprint density at radius 1 is 1.07 bits per heavy atom. The Hall–Kier alpha value is -3.74. The summed E-state index contributed by atoms with van der Waals surface area (Å²) in [5.41, 5.74) is 1.48. The summed E-state index contributed by atoms with van der Waals surface area (Å²) in [4.78, 5) is 53.8. The molecule has 0 bridgehead atoms. The van der Waals surface area contributed by atoms with Crippen molar-refractivity contribution in [1.29, 1.82) is 0 Å². The lowest BCUT2D eigenvalue weighted by molar-refractivity contribution is -0.142. The van der Waals surface area contributed by atoms with Gasteiger partial charge in [-0.2, -0.15) is 0 Å². The lowest BCUT2D eigenvalue weighted by Gasteiger charge is -2.35. The highest BCUT2D eigenvalue weighted by Gasteiger charge is 2.53. The van der Waals surface area contributed by atoms with E-state index in [4.69, 9.17) is 24.2 Å². The second-order valence-electron chi connectivity index (χ2n) is 17.8. The number of hydrogen-bond acceptors (Lipinski definition) is 10. The zero-order valence-corrected chi connectivity index (χ0v) is 34.1. The third-order valence-electron chi connectivity index (χ3n) is 12.1. The number of aliphatic imine (C=N–C) groups is 1. The minimum atomic E-state index is -0.912. The smallest absolute Gasteiger partial charge is 0.408 e. The number of benzene rings is 1. The van der Waals surface area contributed by atoms with E-state index in [0.29, 0.717) is 29.9 Å². The highest BCUT2D eigenvalue weighted by molar-refractivity contribution is 8.14. The largest absolute Gasteiger partial charge is 0.496 e. The predicted octanol–water partition coefficient (Wildman–Crippen LogP) is 6.29. The number of likely N-dealkylation sites (tertiary alicyclic amines) is 1. The number of carbonyl (C=O) groups excluding carboxylic acids is 3. The summed E-state index contributed by atoms with van der Waals surface area (Å²) in [6.07, 6.45) is 3.96. The van der Waals surface area contributed by atoms with E-state index in [1.165, 1.54) is 6.42 Å². The van der Waals surface area contributed by atoms with Gasteiger partial charge in [0.2, 0.25) is 11.8 Å². The number of ether oxygens (including phenoxy) is 3. The first-order valence-corrected chi connectivity index (χ1v) is 20.8. The van der Waals surface area contributed by atoms with Gasteiger partial charge in [-0.15, -0.1) is 0 Å². The molecule has 1 aromatic carbocycles. The molecule has 3 amide bonds. The molecule has 54 heavy (non-hydrogen) atoms. The van der Waals surface area contributed by atoms with Crippen LogP contribution in [0, 0.1) is 30.1 Å². The maximum absolute atomic E-state index is 14.7. The highest BCUT2D eigenvalue weighted by atomic mass is 32.2. The summed E-state index contributed by atoms with van der Waals surface area (Å²) in [6, 6.07) is 4.21. The second kappa shape index (κ2) is 14.7. The van der Waals surface area contributed by atoms with Crippen molar-refractivity contribution in [3.63, 3.8) is 0 Å². The summed E-state index contributed by atoms with van der Waals surface area (Å²) in [6.45, 7) is 16.3. The van der Waals surface area contributed by atoms with Crippen molar-refractivity contribution in [3.05, 3.63) is 29.5 Å². The van der Waals surface area contributed by atoms with Gasteiger partial charge in [0.25, 0.3) is 0 Å². The van der Waals surface area contributed by atoms with Crippen LogP contribution in [0.5, 0.6) is 11.5 Å². The van der Waals surface area contributed by atoms with Gasteiger partial charge in [-0.05, 0) is 88.7 Å². The number of pyridine rings is 1. The molecule has 4 fully saturated rings. The fourth-order valence-electron chi connectivity index (χ4n) is 8.73. The number of aromatic nitrogens is 1. The van der Waals surface area contributed by atoms with Crippen LogP contribution in [0.1, 0.15) is 104 Å². The summed E-state index contributed by atoms with van der Waals surface area (Å²) in [7, 11) is 1.65. The molecule has 7 rings (SSSR count). The molecule has 3 saturated carbocycles. The Morgan fingerprint density at radius 2 is 1.81 bits per heavy atom. The third kappa shape index (κ3) is 7.97. The van der Waals surface area contributed by atoms with Crippen LogP contribution >= 0.6 is 11.8 Å². The average molecular weight is 763 g/mol. The number of thioether (sulfide) groups is 1. The molecule has 1 saturated heterocycles. The zero-order valence-electron chi connectivity index (χ0n) is 33.3. The van der Waals surface area contributed by atoms with E-state index in [1.54, 1.807) is 23.8 Å². The van der Waals surface area contributed by atoms with Crippen LogP contribution in [0.4, 0.5) is 4.79 Å². The van der Waals surface area contributed by atoms with Crippen molar-refractivity contribution < 1.29 is 28.6 Å². The number of hydrogen-bond donors (Lipinski definition) is 3. The van der Waals surface area contributed by atoms with E-state index >= 15 is 0 Å². The first-order valence-electron chi connectivity index (χ1n) is 19.8. The molecule has 2 aromatic rings. The minimum absolute atomic E-state index is 0.117. The minimum Gasteiger partial charge on any atom is -0.496 e. The maximum Gasteiger partial charge on any atom is 0.408 e. The van der Waals surface area contributed by atoms with Crippen LogP contribution in [0.2, 0.25) is 0 Å². The molecule has 2 aliphatic heterocycles. The Kier molecular flexibility index (Phi) is 10.5. The van der Waals surface area contributed by atoms with Crippen LogP contribution in [-0.2, 0) is 14.3 Å². The number of fused-ring (bicyclic) bond motifs is 2. The van der Waals surface area contributed by atoms with E-state index in [-0.39, 0.29) is 42.1 Å². The molecule has 3 heterocycles. The van der Waals surface area contributed by atoms with Gasteiger partial charge in [0.1, 0.15) is 41.8 Å². The van der Waals surface area contributed by atoms with Crippen molar-refractivity contribution >= 4 is 45.7 Å². The van der Waals surface area contributed by atoms with Gasteiger partial charge in [-0.1, -0.05) is 45.9 Å². The molecule has 3 N–H and O–H groups in total. The van der Waals surface area contributed by atoms with Crippen LogP contribution in [0.3, 0.4) is 0 Å². The van der Waals surface area contributed by atoms with Gasteiger partial charge in [0, 0.05) is 40.8 Å². The van der Waals surface area contributed by atoms with E-state index in [1.807, 2.05) is 45.9 Å². The van der Waals surface area contributed by atoms with Crippen LogP contribution in [0.25, 0.3) is 10.9 Å². The molecule has 9 atom stereocenters. The molecular formula is C41H58N6O6S. The van der Waals surface area contributed by atoms with Crippen molar-refractivity contribution in [3.8, 4) is 11.5 Å². The molecule has 0 spiro atoms. The number of amidine groups is 1. The molecule has 294 valence electrons. The lowest BCUT2D eigenvalue weighted by atomic mass is 9.85. The van der Waals surface area contributed by atoms with E-state index in [2.05, 4.69) is 43.6 Å². The van der Waals surface area contributed by atoms with Crippen molar-refractivity contribution in [2.45, 2.75) is 136 Å². The Bertz CT molecular complexity index is 1820. The monoisotopic (exact) mass is 762 g/mol. The molecule has 3 aliphatic carbocycles. The number of methoxy groups -OCH3 is 1. The summed E-state index contributed by atoms with van der Waals surface area (Å²) in [5.74, 6) is 3.28. The second-order valence-corrected chi connectivity index (χ2v) is 18.8. The predicted molar refractivity (Wildman–Crippen MR) is 211 cm³/mol. The van der Waals surface area contributed by atoms with Crippen molar-refractivity contribution in [2.75, 3.05) is 19.4 Å². The number of amides is 3. The molecular weight excluding hydrogens is 705 g/mol. The Balaban J connectivity index is 1.17. The zero-order chi connectivity index (χ0) is 38.7. The lowest BCUT2D eigenvalue weighted by Crippen LogP contribution is -2.58. The molecule has 3 unspecified atom stereocenters. The average Bonchev–Trinajstić information content (AvgIpc) is 3.70.